The summed E-state index contributed by atoms with van der Waals surface area (Å²) in [5, 5.41) is 0. The van der Waals surface area contributed by atoms with Gasteiger partial charge in [0.15, 0.2) is 0 Å². The number of benzene rings is 1. The van der Waals surface area contributed by atoms with Gasteiger partial charge in [0.2, 0.25) is 5.88 Å². The van der Waals surface area contributed by atoms with Gasteiger partial charge in [0.1, 0.15) is 17.8 Å². The van der Waals surface area contributed by atoms with Gasteiger partial charge in [-0.15, -0.1) is 0 Å². The fraction of sp³-hybridized carbons (Fsp3) is 0.353. The van der Waals surface area contributed by atoms with Crippen LogP contribution in [0.3, 0.4) is 0 Å². The standard InChI is InChI=1S/C17H20N4O3/c1-23-14-5-3-4-13(10-14)20-6-8-21(9-7-20)17(22)15-11-16(24-2)19-12-18-15/h3-5,10-12H,6-9H2,1-2H3. The minimum absolute atomic E-state index is 0.0963. The third kappa shape index (κ3) is 3.40. The number of methoxy groups -OCH3 is 2. The second-order valence-corrected chi connectivity index (χ2v) is 5.43. The minimum Gasteiger partial charge on any atom is -0.497 e. The molecule has 0 bridgehead atoms. The lowest BCUT2D eigenvalue weighted by atomic mass is 10.2. The van der Waals surface area contributed by atoms with E-state index in [1.807, 2.05) is 18.2 Å². The first-order valence-corrected chi connectivity index (χ1v) is 7.75. The molecule has 0 atom stereocenters. The molecule has 0 aliphatic carbocycles. The van der Waals surface area contributed by atoms with Crippen molar-refractivity contribution in [2.24, 2.45) is 0 Å². The van der Waals surface area contributed by atoms with Gasteiger partial charge in [-0.2, -0.15) is 0 Å². The maximum atomic E-state index is 12.6. The number of amides is 1. The predicted octanol–water partition coefficient (Wildman–Crippen LogP) is 1.46. The first kappa shape index (κ1) is 16.0. The molecule has 2 aromatic rings. The van der Waals surface area contributed by atoms with E-state index in [0.717, 1.165) is 24.5 Å². The van der Waals surface area contributed by atoms with Crippen molar-refractivity contribution in [3.63, 3.8) is 0 Å². The van der Waals surface area contributed by atoms with Crippen molar-refractivity contribution in [2.45, 2.75) is 0 Å². The van der Waals surface area contributed by atoms with Crippen LogP contribution in [0.25, 0.3) is 0 Å². The Morgan fingerprint density at radius 3 is 2.54 bits per heavy atom. The van der Waals surface area contributed by atoms with Crippen molar-refractivity contribution in [1.82, 2.24) is 14.9 Å². The summed E-state index contributed by atoms with van der Waals surface area (Å²) in [7, 11) is 3.18. The van der Waals surface area contributed by atoms with Crippen LogP contribution in [0.15, 0.2) is 36.7 Å². The van der Waals surface area contributed by atoms with Crippen LogP contribution in [-0.2, 0) is 0 Å². The molecule has 7 nitrogen and oxygen atoms in total. The van der Waals surface area contributed by atoms with Gasteiger partial charge >= 0.3 is 0 Å². The van der Waals surface area contributed by atoms with Crippen LogP contribution >= 0.6 is 0 Å². The lowest BCUT2D eigenvalue weighted by Crippen LogP contribution is -2.49. The van der Waals surface area contributed by atoms with Crippen molar-refractivity contribution in [3.05, 3.63) is 42.4 Å². The van der Waals surface area contributed by atoms with Crippen molar-refractivity contribution in [1.29, 1.82) is 0 Å². The summed E-state index contributed by atoms with van der Waals surface area (Å²) in [5.41, 5.74) is 1.46. The van der Waals surface area contributed by atoms with E-state index in [0.29, 0.717) is 24.7 Å². The maximum absolute atomic E-state index is 12.6. The molecule has 1 amide bonds. The smallest absolute Gasteiger partial charge is 0.272 e. The molecule has 7 heteroatoms. The van der Waals surface area contributed by atoms with Gasteiger partial charge in [-0.1, -0.05) is 6.07 Å². The molecule has 1 fully saturated rings. The Kier molecular flexibility index (Phi) is 4.79. The second kappa shape index (κ2) is 7.16. The fourth-order valence-corrected chi connectivity index (χ4v) is 2.70. The molecule has 2 heterocycles. The van der Waals surface area contributed by atoms with Crippen molar-refractivity contribution >= 4 is 11.6 Å². The summed E-state index contributed by atoms with van der Waals surface area (Å²) < 4.78 is 10.3. The van der Waals surface area contributed by atoms with Gasteiger partial charge in [-0.25, -0.2) is 9.97 Å². The van der Waals surface area contributed by atoms with E-state index in [1.54, 1.807) is 18.1 Å². The van der Waals surface area contributed by atoms with Crippen LogP contribution < -0.4 is 14.4 Å². The Morgan fingerprint density at radius 1 is 1.04 bits per heavy atom. The monoisotopic (exact) mass is 328 g/mol. The average Bonchev–Trinajstić information content (AvgIpc) is 2.67. The number of ether oxygens (including phenoxy) is 2. The van der Waals surface area contributed by atoms with Gasteiger partial charge in [-0.05, 0) is 12.1 Å². The average molecular weight is 328 g/mol. The highest BCUT2D eigenvalue weighted by molar-refractivity contribution is 5.92. The Balaban J connectivity index is 1.64. The highest BCUT2D eigenvalue weighted by atomic mass is 16.5. The lowest BCUT2D eigenvalue weighted by molar-refractivity contribution is 0.0740. The van der Waals surface area contributed by atoms with Crippen LogP contribution in [0.2, 0.25) is 0 Å². The van der Waals surface area contributed by atoms with E-state index >= 15 is 0 Å². The number of nitrogens with zero attached hydrogens (tertiary/aromatic N) is 4. The number of rotatable bonds is 4. The second-order valence-electron chi connectivity index (χ2n) is 5.43. The number of hydrogen-bond acceptors (Lipinski definition) is 6. The molecular weight excluding hydrogens is 308 g/mol. The number of piperazine rings is 1. The zero-order valence-electron chi connectivity index (χ0n) is 13.8. The SMILES string of the molecule is COc1cccc(N2CCN(C(=O)c3cc(OC)ncn3)CC2)c1. The minimum atomic E-state index is -0.0963. The van der Waals surface area contributed by atoms with Crippen LogP contribution in [-0.4, -0.2) is 61.2 Å². The fourth-order valence-electron chi connectivity index (χ4n) is 2.70. The van der Waals surface area contributed by atoms with Gasteiger partial charge < -0.3 is 19.3 Å². The largest absolute Gasteiger partial charge is 0.497 e. The predicted molar refractivity (Wildman–Crippen MR) is 89.7 cm³/mol. The molecule has 1 aliphatic heterocycles. The Labute approximate surface area is 140 Å². The van der Waals surface area contributed by atoms with E-state index in [2.05, 4.69) is 20.9 Å². The number of carbonyl (C=O) groups is 1. The van der Waals surface area contributed by atoms with E-state index in [1.165, 1.54) is 13.4 Å². The highest BCUT2D eigenvalue weighted by Gasteiger charge is 2.23. The van der Waals surface area contributed by atoms with Crippen molar-refractivity contribution < 1.29 is 14.3 Å². The van der Waals surface area contributed by atoms with Crippen molar-refractivity contribution in [2.75, 3.05) is 45.3 Å². The summed E-state index contributed by atoms with van der Waals surface area (Å²) in [6.07, 6.45) is 1.35. The highest BCUT2D eigenvalue weighted by Crippen LogP contribution is 2.22. The van der Waals surface area contributed by atoms with E-state index in [-0.39, 0.29) is 5.91 Å². The quantitative estimate of drug-likeness (QED) is 0.846. The normalized spacial score (nSPS) is 14.4. The molecule has 0 spiro atoms. The number of hydrogen-bond donors (Lipinski definition) is 0. The van der Waals surface area contributed by atoms with Crippen LogP contribution in [0.4, 0.5) is 5.69 Å². The first-order chi connectivity index (χ1) is 11.7. The molecule has 3 rings (SSSR count). The van der Waals surface area contributed by atoms with Crippen LogP contribution in [0, 0.1) is 0 Å². The first-order valence-electron chi connectivity index (χ1n) is 7.75. The molecule has 0 unspecified atom stereocenters. The van der Waals surface area contributed by atoms with Gasteiger partial charge in [-0.3, -0.25) is 4.79 Å². The van der Waals surface area contributed by atoms with Gasteiger partial charge in [0.05, 0.1) is 14.2 Å². The molecule has 1 aliphatic rings. The molecule has 0 saturated carbocycles. The summed E-state index contributed by atoms with van der Waals surface area (Å²) >= 11 is 0. The van der Waals surface area contributed by atoms with Crippen LogP contribution in [0.1, 0.15) is 10.5 Å². The van der Waals surface area contributed by atoms with E-state index < -0.39 is 0 Å². The van der Waals surface area contributed by atoms with Crippen LogP contribution in [0.5, 0.6) is 11.6 Å². The number of anilines is 1. The summed E-state index contributed by atoms with van der Waals surface area (Å²) in [6, 6.07) is 9.52. The summed E-state index contributed by atoms with van der Waals surface area (Å²) in [6.45, 7) is 2.81. The van der Waals surface area contributed by atoms with Gasteiger partial charge in [0, 0.05) is 44.0 Å². The van der Waals surface area contributed by atoms with Gasteiger partial charge in [0.25, 0.3) is 5.91 Å². The van der Waals surface area contributed by atoms with Crippen molar-refractivity contribution in [3.8, 4) is 11.6 Å². The van der Waals surface area contributed by atoms with E-state index in [4.69, 9.17) is 9.47 Å². The zero-order chi connectivity index (χ0) is 16.9. The summed E-state index contributed by atoms with van der Waals surface area (Å²) in [4.78, 5) is 24.6. The molecule has 126 valence electrons. The zero-order valence-corrected chi connectivity index (χ0v) is 13.8. The lowest BCUT2D eigenvalue weighted by Gasteiger charge is -2.36. The Bertz CT molecular complexity index is 714. The Morgan fingerprint density at radius 2 is 1.83 bits per heavy atom. The Hall–Kier alpha value is -2.83. The number of aromatic nitrogens is 2. The third-order valence-corrected chi connectivity index (χ3v) is 4.06. The molecular formula is C17H20N4O3. The molecule has 24 heavy (non-hydrogen) atoms. The molecule has 0 radical (unpaired) electrons. The topological polar surface area (TPSA) is 67.8 Å². The molecule has 1 aromatic carbocycles. The maximum Gasteiger partial charge on any atom is 0.272 e. The molecule has 1 aromatic heterocycles. The molecule has 1 saturated heterocycles. The van der Waals surface area contributed by atoms with E-state index in [9.17, 15) is 4.79 Å². The summed E-state index contributed by atoms with van der Waals surface area (Å²) in [5.74, 6) is 1.13. The third-order valence-electron chi connectivity index (χ3n) is 4.06. The number of carbonyl (C=O) groups excluding carboxylic acids is 1. The molecule has 0 N–H and O–H groups in total.